The van der Waals surface area contributed by atoms with Crippen LogP contribution < -0.4 is 4.74 Å². The molecule has 0 aliphatic rings. The summed E-state index contributed by atoms with van der Waals surface area (Å²) in [7, 11) is 1.44. The van der Waals surface area contributed by atoms with Gasteiger partial charge < -0.3 is 4.74 Å². The number of alkyl halides is 2. The Morgan fingerprint density at radius 2 is 2.13 bits per heavy atom. The van der Waals surface area contributed by atoms with Crippen LogP contribution in [0.2, 0.25) is 0 Å². The van der Waals surface area contributed by atoms with Gasteiger partial charge >= 0.3 is 6.61 Å². The highest BCUT2D eigenvalue weighted by atomic mass is 19.3. The molecule has 84 valence electrons. The van der Waals surface area contributed by atoms with Crippen LogP contribution in [0, 0.1) is 5.92 Å². The van der Waals surface area contributed by atoms with E-state index in [2.05, 4.69) is 9.84 Å². The van der Waals surface area contributed by atoms with Gasteiger partial charge in [0, 0.05) is 19.0 Å². The van der Waals surface area contributed by atoms with Gasteiger partial charge in [-0.1, -0.05) is 13.8 Å². The van der Waals surface area contributed by atoms with Crippen LogP contribution in [0.5, 0.6) is 5.88 Å². The van der Waals surface area contributed by atoms with Gasteiger partial charge in [0.2, 0.25) is 5.88 Å². The van der Waals surface area contributed by atoms with E-state index >= 15 is 0 Å². The standard InChI is InChI=1S/C9H12F2N2O2/c1-5(2)8(14)6-4-7(13(3)12-6)15-9(10)11/h4-5,9H,1-3H3. The van der Waals surface area contributed by atoms with Crippen molar-refractivity contribution in [2.45, 2.75) is 20.5 Å². The van der Waals surface area contributed by atoms with Crippen molar-refractivity contribution < 1.29 is 18.3 Å². The third-order valence-electron chi connectivity index (χ3n) is 1.82. The molecule has 6 heteroatoms. The fourth-order valence-electron chi connectivity index (χ4n) is 1.07. The van der Waals surface area contributed by atoms with E-state index in [9.17, 15) is 13.6 Å². The molecule has 4 nitrogen and oxygen atoms in total. The lowest BCUT2D eigenvalue weighted by Gasteiger charge is -2.01. The highest BCUT2D eigenvalue weighted by Crippen LogP contribution is 2.17. The summed E-state index contributed by atoms with van der Waals surface area (Å²) in [6.45, 7) is 0.511. The molecule has 0 aliphatic heterocycles. The predicted molar refractivity (Wildman–Crippen MR) is 49.0 cm³/mol. The SMILES string of the molecule is CC(C)C(=O)c1cc(OC(F)F)n(C)n1. The molecule has 0 amide bonds. The lowest BCUT2D eigenvalue weighted by molar-refractivity contribution is -0.0553. The first-order chi connectivity index (χ1) is 6.91. The minimum absolute atomic E-state index is 0.117. The van der Waals surface area contributed by atoms with Crippen LogP contribution >= 0.6 is 0 Å². The zero-order valence-corrected chi connectivity index (χ0v) is 8.70. The molecule has 0 atom stereocenters. The lowest BCUT2D eigenvalue weighted by Crippen LogP contribution is -2.08. The summed E-state index contributed by atoms with van der Waals surface area (Å²) >= 11 is 0. The molecule has 0 radical (unpaired) electrons. The smallest absolute Gasteiger partial charge is 0.388 e. The van der Waals surface area contributed by atoms with Crippen molar-refractivity contribution in [1.29, 1.82) is 0 Å². The maximum atomic E-state index is 11.9. The summed E-state index contributed by atoms with van der Waals surface area (Å²) in [5.74, 6) is -0.539. The second-order valence-corrected chi connectivity index (χ2v) is 3.39. The monoisotopic (exact) mass is 218 g/mol. The topological polar surface area (TPSA) is 44.1 Å². The Kier molecular flexibility index (Phi) is 3.39. The Bertz CT molecular complexity index is 361. The third-order valence-corrected chi connectivity index (χ3v) is 1.82. The van der Waals surface area contributed by atoms with Gasteiger partial charge in [0.25, 0.3) is 0 Å². The summed E-state index contributed by atoms with van der Waals surface area (Å²) in [5, 5.41) is 3.79. The Hall–Kier alpha value is -1.46. The van der Waals surface area contributed by atoms with Crippen molar-refractivity contribution >= 4 is 5.78 Å². The van der Waals surface area contributed by atoms with E-state index in [1.807, 2.05) is 0 Å². The summed E-state index contributed by atoms with van der Waals surface area (Å²) in [6, 6.07) is 1.22. The average Bonchev–Trinajstić information content (AvgIpc) is 2.45. The first-order valence-electron chi connectivity index (χ1n) is 4.45. The van der Waals surface area contributed by atoms with Crippen LogP contribution in [0.25, 0.3) is 0 Å². The Morgan fingerprint density at radius 3 is 2.60 bits per heavy atom. The van der Waals surface area contributed by atoms with Gasteiger partial charge in [0.1, 0.15) is 5.69 Å². The molecule has 0 aliphatic carbocycles. The van der Waals surface area contributed by atoms with Crippen molar-refractivity contribution in [2.75, 3.05) is 0 Å². The molecule has 0 spiro atoms. The lowest BCUT2D eigenvalue weighted by atomic mass is 10.1. The van der Waals surface area contributed by atoms with Crippen molar-refractivity contribution in [3.63, 3.8) is 0 Å². The molecule has 0 unspecified atom stereocenters. The average molecular weight is 218 g/mol. The van der Waals surface area contributed by atoms with Gasteiger partial charge in [-0.3, -0.25) is 4.79 Å². The number of hydrogen-bond donors (Lipinski definition) is 0. The summed E-state index contributed by atoms with van der Waals surface area (Å²) in [4.78, 5) is 11.5. The molecule has 0 saturated carbocycles. The molecular formula is C9H12F2N2O2. The molecule has 1 rings (SSSR count). The first-order valence-corrected chi connectivity index (χ1v) is 4.45. The number of carbonyl (C=O) groups excluding carboxylic acids is 1. The summed E-state index contributed by atoms with van der Waals surface area (Å²) in [6.07, 6.45) is 0. The number of hydrogen-bond acceptors (Lipinski definition) is 3. The summed E-state index contributed by atoms with van der Waals surface area (Å²) < 4.78 is 29.1. The molecule has 0 saturated heterocycles. The molecule has 15 heavy (non-hydrogen) atoms. The fourth-order valence-corrected chi connectivity index (χ4v) is 1.07. The Morgan fingerprint density at radius 1 is 1.53 bits per heavy atom. The second kappa shape index (κ2) is 4.37. The van der Waals surface area contributed by atoms with Crippen molar-refractivity contribution in [1.82, 2.24) is 9.78 Å². The van der Waals surface area contributed by atoms with E-state index in [1.165, 1.54) is 13.1 Å². The van der Waals surface area contributed by atoms with E-state index in [1.54, 1.807) is 13.8 Å². The normalized spacial score (nSPS) is 11.1. The van der Waals surface area contributed by atoms with Gasteiger partial charge in [0.15, 0.2) is 5.78 Å². The minimum atomic E-state index is -2.91. The van der Waals surface area contributed by atoms with Gasteiger partial charge in [-0.2, -0.15) is 13.9 Å². The van der Waals surface area contributed by atoms with Crippen LogP contribution in [0.3, 0.4) is 0 Å². The second-order valence-electron chi connectivity index (χ2n) is 3.39. The van der Waals surface area contributed by atoms with Crippen LogP contribution in [0.4, 0.5) is 8.78 Å². The number of rotatable bonds is 4. The van der Waals surface area contributed by atoms with Gasteiger partial charge in [-0.05, 0) is 0 Å². The molecule has 0 aromatic carbocycles. The van der Waals surface area contributed by atoms with E-state index in [-0.39, 0.29) is 23.3 Å². The zero-order valence-electron chi connectivity index (χ0n) is 8.70. The van der Waals surface area contributed by atoms with E-state index in [0.717, 1.165) is 4.68 Å². The number of aryl methyl sites for hydroxylation is 1. The molecule has 0 fully saturated rings. The van der Waals surface area contributed by atoms with Crippen LogP contribution in [-0.4, -0.2) is 22.2 Å². The van der Waals surface area contributed by atoms with Crippen LogP contribution in [-0.2, 0) is 7.05 Å². The summed E-state index contributed by atoms with van der Waals surface area (Å²) in [5.41, 5.74) is 0.142. The highest BCUT2D eigenvalue weighted by Gasteiger charge is 2.18. The van der Waals surface area contributed by atoms with E-state index < -0.39 is 6.61 Å². The van der Waals surface area contributed by atoms with E-state index in [4.69, 9.17) is 0 Å². The third kappa shape index (κ3) is 2.74. The van der Waals surface area contributed by atoms with Gasteiger partial charge in [-0.15, -0.1) is 0 Å². The quantitative estimate of drug-likeness (QED) is 0.724. The van der Waals surface area contributed by atoms with Crippen LogP contribution in [0.15, 0.2) is 6.07 Å². The highest BCUT2D eigenvalue weighted by molar-refractivity contribution is 5.95. The van der Waals surface area contributed by atoms with Gasteiger partial charge in [-0.25, -0.2) is 4.68 Å². The maximum Gasteiger partial charge on any atom is 0.388 e. The van der Waals surface area contributed by atoms with Crippen molar-refractivity contribution in [3.8, 4) is 5.88 Å². The Labute approximate surface area is 85.8 Å². The first kappa shape index (κ1) is 11.6. The van der Waals surface area contributed by atoms with Crippen molar-refractivity contribution in [3.05, 3.63) is 11.8 Å². The molecular weight excluding hydrogens is 206 g/mol. The number of aromatic nitrogens is 2. The number of Topliss-reactive ketones (excluding diaryl/α,β-unsaturated/α-hetero) is 1. The van der Waals surface area contributed by atoms with Crippen molar-refractivity contribution in [2.24, 2.45) is 13.0 Å². The number of carbonyl (C=O) groups is 1. The number of ether oxygens (including phenoxy) is 1. The largest absolute Gasteiger partial charge is 0.417 e. The number of nitrogens with zero attached hydrogens (tertiary/aromatic N) is 2. The fraction of sp³-hybridized carbons (Fsp3) is 0.556. The molecule has 0 N–H and O–H groups in total. The molecule has 0 bridgehead atoms. The Balaban J connectivity index is 2.90. The minimum Gasteiger partial charge on any atom is -0.417 e. The molecule has 1 aromatic heterocycles. The predicted octanol–water partition coefficient (Wildman–Crippen LogP) is 1.86. The van der Waals surface area contributed by atoms with E-state index in [0.29, 0.717) is 0 Å². The van der Waals surface area contributed by atoms with Crippen LogP contribution in [0.1, 0.15) is 24.3 Å². The molecule has 1 aromatic rings. The van der Waals surface area contributed by atoms with Gasteiger partial charge in [0.05, 0.1) is 0 Å². The maximum absolute atomic E-state index is 11.9. The zero-order chi connectivity index (χ0) is 11.6. The number of ketones is 1. The number of halogens is 2. The molecule has 1 heterocycles.